The molecule has 0 radical (unpaired) electrons. The smallest absolute Gasteiger partial charge is 0.478 e. The number of amides is 2. The summed E-state index contributed by atoms with van der Waals surface area (Å²) in [5.74, 6) is -1.63. The number of amidine groups is 1. The fraction of sp³-hybridized carbons (Fsp3) is 0.696. The van der Waals surface area contributed by atoms with Crippen molar-refractivity contribution in [3.8, 4) is 0 Å². The van der Waals surface area contributed by atoms with Crippen LogP contribution in [0.15, 0.2) is 16.8 Å². The summed E-state index contributed by atoms with van der Waals surface area (Å²) in [6, 6.07) is -2.09. The second kappa shape index (κ2) is 13.8. The standard InChI is InChI=1S/C23H35N3O13S/c1-12(25-21(29)39-23(3,4)5)24-14-10-15(20(28)33-6)37-19(17(14)26-13(2)27)18(16-11-35-22(30)38-16)34-8-9-36-40(7,31)32/h10,14,16-19H,8-9,11H2,1-7H3,(H,26,27)(H,24,25,29)/t14-,16+,17+,18+,19+/m0/s1. The number of carbonyl (C=O) groups excluding carboxylic acids is 4. The lowest BCUT2D eigenvalue weighted by atomic mass is 9.92. The predicted molar refractivity (Wildman–Crippen MR) is 136 cm³/mol. The highest BCUT2D eigenvalue weighted by Gasteiger charge is 2.48. The minimum absolute atomic E-state index is 0.0744. The Morgan fingerprint density at radius 1 is 1.18 bits per heavy atom. The number of methoxy groups -OCH3 is 1. The highest BCUT2D eigenvalue weighted by Crippen LogP contribution is 2.29. The molecule has 1 fully saturated rings. The average molecular weight is 594 g/mol. The first-order valence-corrected chi connectivity index (χ1v) is 13.9. The molecule has 0 aromatic rings. The van der Waals surface area contributed by atoms with E-state index in [1.165, 1.54) is 19.9 Å². The number of hydrogen-bond donors (Lipinski definition) is 2. The number of aliphatic imine (C=N–C) groups is 1. The summed E-state index contributed by atoms with van der Waals surface area (Å²) in [5, 5.41) is 5.16. The van der Waals surface area contributed by atoms with E-state index in [1.54, 1.807) is 20.8 Å². The van der Waals surface area contributed by atoms with E-state index < -0.39 is 76.8 Å². The number of hydrogen-bond acceptors (Lipinski definition) is 14. The zero-order valence-corrected chi connectivity index (χ0v) is 24.1. The number of carbonyl (C=O) groups is 4. The number of nitrogens with one attached hydrogen (secondary N) is 2. The Hall–Kier alpha value is -3.44. The summed E-state index contributed by atoms with van der Waals surface area (Å²) in [6.07, 6.45) is -3.21. The second-order valence-electron chi connectivity index (χ2n) is 9.74. The molecular weight excluding hydrogens is 558 g/mol. The quantitative estimate of drug-likeness (QED) is 0.0866. The molecule has 1 saturated heterocycles. The van der Waals surface area contributed by atoms with Crippen molar-refractivity contribution in [2.75, 3.05) is 33.2 Å². The summed E-state index contributed by atoms with van der Waals surface area (Å²) >= 11 is 0. The molecule has 0 saturated carbocycles. The molecule has 2 aliphatic heterocycles. The Morgan fingerprint density at radius 3 is 2.38 bits per heavy atom. The van der Waals surface area contributed by atoms with E-state index >= 15 is 0 Å². The zero-order valence-electron chi connectivity index (χ0n) is 23.2. The van der Waals surface area contributed by atoms with Crippen LogP contribution in [0.2, 0.25) is 0 Å². The van der Waals surface area contributed by atoms with E-state index in [-0.39, 0.29) is 24.8 Å². The Balaban J connectivity index is 2.47. The third-order valence-corrected chi connectivity index (χ3v) is 5.68. The summed E-state index contributed by atoms with van der Waals surface area (Å²) in [5.41, 5.74) is -0.781. The van der Waals surface area contributed by atoms with Crippen LogP contribution in [-0.4, -0.2) is 108 Å². The first-order valence-electron chi connectivity index (χ1n) is 12.1. The Kier molecular flexibility index (Phi) is 11.3. The van der Waals surface area contributed by atoms with E-state index in [2.05, 4.69) is 15.6 Å². The topological polar surface area (TPSA) is 203 Å². The minimum Gasteiger partial charge on any atom is -0.478 e. The van der Waals surface area contributed by atoms with Crippen molar-refractivity contribution in [3.05, 3.63) is 11.8 Å². The molecule has 0 spiro atoms. The second-order valence-corrected chi connectivity index (χ2v) is 11.4. The Bertz CT molecular complexity index is 1130. The molecule has 0 aromatic heterocycles. The number of rotatable bonds is 10. The first kappa shape index (κ1) is 32.8. The van der Waals surface area contributed by atoms with Crippen molar-refractivity contribution in [1.29, 1.82) is 0 Å². The predicted octanol–water partition coefficient (Wildman–Crippen LogP) is 0.155. The van der Waals surface area contributed by atoms with E-state index in [9.17, 15) is 27.6 Å². The summed E-state index contributed by atoms with van der Waals surface area (Å²) < 4.78 is 59.2. The van der Waals surface area contributed by atoms with E-state index in [1.807, 2.05) is 0 Å². The molecule has 226 valence electrons. The van der Waals surface area contributed by atoms with Crippen LogP contribution in [0.4, 0.5) is 9.59 Å². The van der Waals surface area contributed by atoms with Crippen molar-refractivity contribution in [3.63, 3.8) is 0 Å². The van der Waals surface area contributed by atoms with Gasteiger partial charge in [-0.2, -0.15) is 8.42 Å². The minimum atomic E-state index is -3.78. The van der Waals surface area contributed by atoms with Gasteiger partial charge in [-0.15, -0.1) is 0 Å². The summed E-state index contributed by atoms with van der Waals surface area (Å²) in [4.78, 5) is 53.1. The van der Waals surface area contributed by atoms with Crippen molar-refractivity contribution in [2.45, 2.75) is 70.6 Å². The van der Waals surface area contributed by atoms with Crippen LogP contribution in [0.3, 0.4) is 0 Å². The maximum Gasteiger partial charge on any atom is 0.508 e. The molecule has 2 rings (SSSR count). The van der Waals surface area contributed by atoms with Gasteiger partial charge in [-0.05, 0) is 33.8 Å². The number of nitrogens with zero attached hydrogens (tertiary/aromatic N) is 1. The van der Waals surface area contributed by atoms with Gasteiger partial charge in [0.05, 0.1) is 38.7 Å². The molecule has 17 heteroatoms. The zero-order chi connectivity index (χ0) is 30.3. The maximum absolute atomic E-state index is 12.5. The monoisotopic (exact) mass is 593 g/mol. The van der Waals surface area contributed by atoms with Gasteiger partial charge in [-0.25, -0.2) is 14.4 Å². The third kappa shape index (κ3) is 10.6. The van der Waals surface area contributed by atoms with Gasteiger partial charge in [0.25, 0.3) is 10.1 Å². The van der Waals surface area contributed by atoms with Crippen LogP contribution in [-0.2, 0) is 52.3 Å². The van der Waals surface area contributed by atoms with E-state index in [0.717, 1.165) is 13.4 Å². The molecule has 16 nitrogen and oxygen atoms in total. The Labute approximate surface area is 231 Å². The van der Waals surface area contributed by atoms with Crippen molar-refractivity contribution < 1.29 is 60.2 Å². The molecule has 0 aromatic carbocycles. The largest absolute Gasteiger partial charge is 0.508 e. The lowest BCUT2D eigenvalue weighted by Crippen LogP contribution is -2.60. The van der Waals surface area contributed by atoms with E-state index in [0.29, 0.717) is 0 Å². The number of cyclic esters (lactones) is 2. The lowest BCUT2D eigenvalue weighted by molar-refractivity contribution is -0.152. The highest BCUT2D eigenvalue weighted by molar-refractivity contribution is 7.85. The highest BCUT2D eigenvalue weighted by atomic mass is 32.2. The first-order chi connectivity index (χ1) is 18.5. The molecule has 2 N–H and O–H groups in total. The van der Waals surface area contributed by atoms with Gasteiger partial charge >= 0.3 is 18.2 Å². The SMILES string of the molecule is COC(=O)C1=C[C@H](N=C(C)NC(=O)OC(C)(C)C)[C@@H](NC(C)=O)[C@H]([C@H](OCCOS(C)(=O)=O)[C@H]2COC(=O)O2)O1. The normalized spacial score (nSPS) is 24.0. The van der Waals surface area contributed by atoms with Crippen LogP contribution in [0, 0.1) is 0 Å². The van der Waals surface area contributed by atoms with Gasteiger partial charge in [-0.1, -0.05) is 0 Å². The average Bonchev–Trinajstić information content (AvgIpc) is 3.23. The molecule has 2 amide bonds. The fourth-order valence-electron chi connectivity index (χ4n) is 3.71. The summed E-state index contributed by atoms with van der Waals surface area (Å²) in [6.45, 7) is 6.76. The molecule has 2 aliphatic rings. The van der Waals surface area contributed by atoms with Crippen molar-refractivity contribution in [2.24, 2.45) is 4.99 Å². The third-order valence-electron chi connectivity index (χ3n) is 5.08. The molecule has 5 atom stereocenters. The molecule has 0 aliphatic carbocycles. The number of esters is 1. The van der Waals surface area contributed by atoms with Crippen LogP contribution < -0.4 is 10.6 Å². The van der Waals surface area contributed by atoms with Gasteiger partial charge in [-0.3, -0.25) is 19.3 Å². The van der Waals surface area contributed by atoms with Crippen molar-refractivity contribution >= 4 is 40.1 Å². The van der Waals surface area contributed by atoms with Crippen LogP contribution in [0.5, 0.6) is 0 Å². The Morgan fingerprint density at radius 2 is 1.85 bits per heavy atom. The van der Waals surface area contributed by atoms with Gasteiger partial charge in [0.15, 0.2) is 12.2 Å². The van der Waals surface area contributed by atoms with E-state index in [4.69, 9.17) is 32.6 Å². The van der Waals surface area contributed by atoms with Crippen LogP contribution in [0.1, 0.15) is 34.6 Å². The summed E-state index contributed by atoms with van der Waals surface area (Å²) in [7, 11) is -2.66. The molecular formula is C23H35N3O13S. The molecule has 2 heterocycles. The number of alkyl carbamates (subject to hydrolysis) is 1. The van der Waals surface area contributed by atoms with Gasteiger partial charge in [0.1, 0.15) is 24.1 Å². The number of ether oxygens (including phenoxy) is 6. The molecule has 0 unspecified atom stereocenters. The fourth-order valence-corrected chi connectivity index (χ4v) is 4.09. The van der Waals surface area contributed by atoms with Gasteiger partial charge in [0, 0.05) is 6.92 Å². The van der Waals surface area contributed by atoms with Crippen LogP contribution in [0.25, 0.3) is 0 Å². The van der Waals surface area contributed by atoms with Gasteiger partial charge < -0.3 is 33.7 Å². The molecule has 0 bridgehead atoms. The van der Waals surface area contributed by atoms with Crippen LogP contribution >= 0.6 is 0 Å². The maximum atomic E-state index is 12.5. The molecule has 40 heavy (non-hydrogen) atoms. The van der Waals surface area contributed by atoms with Crippen molar-refractivity contribution in [1.82, 2.24) is 10.6 Å². The lowest BCUT2D eigenvalue weighted by Gasteiger charge is -2.40. The van der Waals surface area contributed by atoms with Gasteiger partial charge in [0.2, 0.25) is 11.7 Å².